The van der Waals surface area contributed by atoms with Crippen LogP contribution in [0.5, 0.6) is 0 Å². The highest BCUT2D eigenvalue weighted by Gasteiger charge is 2.14. The number of nitrogens with one attached hydrogen (secondary N) is 1. The first kappa shape index (κ1) is 15.5. The summed E-state index contributed by atoms with van der Waals surface area (Å²) in [4.78, 5) is 22.9. The summed E-state index contributed by atoms with van der Waals surface area (Å²) in [5.74, 6) is -0.863. The maximum absolute atomic E-state index is 11.7. The molecule has 0 aliphatic rings. The van der Waals surface area contributed by atoms with Crippen LogP contribution in [-0.4, -0.2) is 25.5 Å². The molecule has 0 aliphatic heterocycles. The van der Waals surface area contributed by atoms with Crippen molar-refractivity contribution in [2.45, 2.75) is 20.3 Å². The minimum Gasteiger partial charge on any atom is -0.469 e. The molecule has 19 heavy (non-hydrogen) atoms. The van der Waals surface area contributed by atoms with E-state index >= 15 is 0 Å². The van der Waals surface area contributed by atoms with Crippen molar-refractivity contribution in [3.8, 4) is 0 Å². The second-order valence-corrected chi connectivity index (χ2v) is 4.91. The summed E-state index contributed by atoms with van der Waals surface area (Å²) in [6.45, 7) is 3.90. The highest BCUT2D eigenvalue weighted by atomic mass is 35.5. The number of ether oxygens (including phenoxy) is 1. The number of hydrogen-bond donors (Lipinski definition) is 1. The number of halogens is 1. The normalized spacial score (nSPS) is 11.8. The Kier molecular flexibility index (Phi) is 5.83. The fraction of sp³-hybridized carbons (Fsp3) is 0.429. The maximum Gasteiger partial charge on any atom is 0.310 e. The Morgan fingerprint density at radius 2 is 2.11 bits per heavy atom. The molecule has 0 radical (unpaired) electrons. The van der Waals surface area contributed by atoms with Crippen LogP contribution >= 0.6 is 11.6 Å². The summed E-state index contributed by atoms with van der Waals surface area (Å²) < 4.78 is 4.58. The number of methoxy groups -OCH3 is 1. The van der Waals surface area contributed by atoms with Crippen molar-refractivity contribution < 1.29 is 14.3 Å². The summed E-state index contributed by atoms with van der Waals surface area (Å²) in [5, 5.41) is 3.27. The van der Waals surface area contributed by atoms with Gasteiger partial charge < -0.3 is 10.1 Å². The van der Waals surface area contributed by atoms with Gasteiger partial charge in [-0.25, -0.2) is 0 Å². The Balaban J connectivity index is 2.49. The van der Waals surface area contributed by atoms with Gasteiger partial charge in [-0.2, -0.15) is 0 Å². The van der Waals surface area contributed by atoms with Gasteiger partial charge in [0.05, 0.1) is 19.4 Å². The van der Waals surface area contributed by atoms with Crippen LogP contribution in [-0.2, 0) is 20.7 Å². The molecule has 0 bridgehead atoms. The van der Waals surface area contributed by atoms with Crippen molar-refractivity contribution in [1.82, 2.24) is 5.32 Å². The molecule has 5 heteroatoms. The molecule has 104 valence electrons. The van der Waals surface area contributed by atoms with Gasteiger partial charge in [0.1, 0.15) is 0 Å². The molecule has 1 unspecified atom stereocenters. The molecule has 0 saturated carbocycles. The average molecular weight is 284 g/mol. The largest absolute Gasteiger partial charge is 0.469 e. The third-order valence-corrected chi connectivity index (χ3v) is 3.12. The zero-order valence-corrected chi connectivity index (χ0v) is 12.1. The van der Waals surface area contributed by atoms with Gasteiger partial charge in [0.2, 0.25) is 5.91 Å². The van der Waals surface area contributed by atoms with Gasteiger partial charge in [0.25, 0.3) is 0 Å². The molecular formula is C14H18ClNO3. The molecule has 1 rings (SSSR count). The van der Waals surface area contributed by atoms with E-state index in [0.29, 0.717) is 5.02 Å². The van der Waals surface area contributed by atoms with Gasteiger partial charge in [-0.15, -0.1) is 0 Å². The zero-order valence-electron chi connectivity index (χ0n) is 11.3. The quantitative estimate of drug-likeness (QED) is 0.842. The third-order valence-electron chi connectivity index (χ3n) is 2.77. The van der Waals surface area contributed by atoms with Gasteiger partial charge in [0.15, 0.2) is 0 Å². The minimum absolute atomic E-state index is 0.165. The van der Waals surface area contributed by atoms with Gasteiger partial charge >= 0.3 is 5.97 Å². The van der Waals surface area contributed by atoms with Crippen molar-refractivity contribution in [2.24, 2.45) is 5.92 Å². The number of aryl methyl sites for hydroxylation is 1. The molecule has 0 aliphatic carbocycles. The van der Waals surface area contributed by atoms with Crippen LogP contribution in [0, 0.1) is 12.8 Å². The van der Waals surface area contributed by atoms with Crippen LogP contribution in [0.4, 0.5) is 0 Å². The standard InChI is InChI=1S/C14H18ClNO3/c1-9-4-5-11(12(15)6-9)7-13(17)16-8-10(2)14(18)19-3/h4-6,10H,7-8H2,1-3H3,(H,16,17). The maximum atomic E-state index is 11.7. The van der Waals surface area contributed by atoms with Crippen LogP contribution in [0.25, 0.3) is 0 Å². The summed E-state index contributed by atoms with van der Waals surface area (Å²) >= 11 is 6.06. The van der Waals surface area contributed by atoms with E-state index in [1.165, 1.54) is 7.11 Å². The van der Waals surface area contributed by atoms with Crippen molar-refractivity contribution >= 4 is 23.5 Å². The Morgan fingerprint density at radius 3 is 2.68 bits per heavy atom. The molecule has 0 spiro atoms. The van der Waals surface area contributed by atoms with Crippen LogP contribution < -0.4 is 5.32 Å². The smallest absolute Gasteiger partial charge is 0.310 e. The van der Waals surface area contributed by atoms with E-state index < -0.39 is 0 Å². The molecule has 1 N–H and O–H groups in total. The van der Waals surface area contributed by atoms with Crippen LogP contribution in [0.15, 0.2) is 18.2 Å². The number of hydrogen-bond acceptors (Lipinski definition) is 3. The van der Waals surface area contributed by atoms with Gasteiger partial charge in [-0.1, -0.05) is 30.7 Å². The number of carbonyl (C=O) groups excluding carboxylic acids is 2. The summed E-state index contributed by atoms with van der Waals surface area (Å²) in [6.07, 6.45) is 0.201. The lowest BCUT2D eigenvalue weighted by atomic mass is 10.1. The third kappa shape index (κ3) is 4.91. The molecule has 1 amide bonds. The van der Waals surface area contributed by atoms with Gasteiger partial charge in [0, 0.05) is 11.6 Å². The molecule has 0 fully saturated rings. The number of carbonyl (C=O) groups is 2. The average Bonchev–Trinajstić information content (AvgIpc) is 2.38. The number of benzene rings is 1. The SMILES string of the molecule is COC(=O)C(C)CNC(=O)Cc1ccc(C)cc1Cl. The number of esters is 1. The van der Waals surface area contributed by atoms with Gasteiger partial charge in [-0.3, -0.25) is 9.59 Å². The van der Waals surface area contributed by atoms with Gasteiger partial charge in [-0.05, 0) is 24.1 Å². The van der Waals surface area contributed by atoms with E-state index in [9.17, 15) is 9.59 Å². The van der Waals surface area contributed by atoms with Crippen molar-refractivity contribution in [3.63, 3.8) is 0 Å². The molecule has 4 nitrogen and oxygen atoms in total. The number of amides is 1. The highest BCUT2D eigenvalue weighted by molar-refractivity contribution is 6.31. The van der Waals surface area contributed by atoms with Crippen molar-refractivity contribution in [1.29, 1.82) is 0 Å². The number of rotatable bonds is 5. The second kappa shape index (κ2) is 7.14. The van der Waals surface area contributed by atoms with E-state index in [1.807, 2.05) is 25.1 Å². The van der Waals surface area contributed by atoms with E-state index in [0.717, 1.165) is 11.1 Å². The summed E-state index contributed by atoms with van der Waals surface area (Å²) in [7, 11) is 1.33. The summed E-state index contributed by atoms with van der Waals surface area (Å²) in [6, 6.07) is 5.56. The lowest BCUT2D eigenvalue weighted by Crippen LogP contribution is -2.33. The predicted molar refractivity (Wildman–Crippen MR) is 74.1 cm³/mol. The van der Waals surface area contributed by atoms with E-state index in [-0.39, 0.29) is 30.8 Å². The lowest BCUT2D eigenvalue weighted by Gasteiger charge is -2.11. The lowest BCUT2D eigenvalue weighted by molar-refractivity contribution is -0.144. The Hall–Kier alpha value is -1.55. The van der Waals surface area contributed by atoms with Crippen LogP contribution in [0.1, 0.15) is 18.1 Å². The second-order valence-electron chi connectivity index (χ2n) is 4.50. The first-order valence-corrected chi connectivity index (χ1v) is 6.41. The monoisotopic (exact) mass is 283 g/mol. The minimum atomic E-state index is -0.359. The van der Waals surface area contributed by atoms with E-state index in [1.54, 1.807) is 6.92 Å². The van der Waals surface area contributed by atoms with Crippen molar-refractivity contribution in [2.75, 3.05) is 13.7 Å². The highest BCUT2D eigenvalue weighted by Crippen LogP contribution is 2.17. The Bertz CT molecular complexity index is 474. The van der Waals surface area contributed by atoms with Crippen LogP contribution in [0.2, 0.25) is 5.02 Å². The topological polar surface area (TPSA) is 55.4 Å². The molecular weight excluding hydrogens is 266 g/mol. The molecule has 0 saturated heterocycles. The van der Waals surface area contributed by atoms with Crippen molar-refractivity contribution in [3.05, 3.63) is 34.3 Å². The zero-order chi connectivity index (χ0) is 14.4. The first-order valence-electron chi connectivity index (χ1n) is 6.03. The fourth-order valence-corrected chi connectivity index (χ4v) is 1.88. The first-order chi connectivity index (χ1) is 8.93. The van der Waals surface area contributed by atoms with Crippen LogP contribution in [0.3, 0.4) is 0 Å². The fourth-order valence-electron chi connectivity index (χ4n) is 1.58. The Labute approximate surface area is 118 Å². The molecule has 1 aromatic rings. The predicted octanol–water partition coefficient (Wildman–Crippen LogP) is 2.12. The molecule has 0 heterocycles. The summed E-state index contributed by atoms with van der Waals surface area (Å²) in [5.41, 5.74) is 1.82. The molecule has 1 atom stereocenters. The molecule has 0 aromatic heterocycles. The van der Waals surface area contributed by atoms with E-state index in [2.05, 4.69) is 10.1 Å². The van der Waals surface area contributed by atoms with E-state index in [4.69, 9.17) is 11.6 Å². The Morgan fingerprint density at radius 1 is 1.42 bits per heavy atom. The molecule has 1 aromatic carbocycles.